The van der Waals surface area contributed by atoms with E-state index < -0.39 is 39.9 Å². The minimum Gasteiger partial charge on any atom is -0.317 e. The minimum atomic E-state index is -4.81. The van der Waals surface area contributed by atoms with Crippen LogP contribution < -0.4 is 5.73 Å². The van der Waals surface area contributed by atoms with E-state index >= 15 is 0 Å². The first-order chi connectivity index (χ1) is 8.48. The number of alkyl halides is 5. The van der Waals surface area contributed by atoms with Gasteiger partial charge in [0.1, 0.15) is 5.54 Å². The van der Waals surface area contributed by atoms with E-state index in [1.807, 2.05) is 0 Å². The Morgan fingerprint density at radius 1 is 1.32 bits per heavy atom. The minimum absolute atomic E-state index is 0.197. The molecule has 1 unspecified atom stereocenters. The summed E-state index contributed by atoms with van der Waals surface area (Å²) in [5.74, 6) is 0. The van der Waals surface area contributed by atoms with E-state index in [9.17, 15) is 32.1 Å². The van der Waals surface area contributed by atoms with Gasteiger partial charge in [-0.3, -0.25) is 10.1 Å². The molecule has 9 heteroatoms. The van der Waals surface area contributed by atoms with E-state index in [0.29, 0.717) is 12.1 Å². The third-order valence-electron chi connectivity index (χ3n) is 2.56. The molecule has 0 bridgehead atoms. The van der Waals surface area contributed by atoms with Crippen LogP contribution in [0.15, 0.2) is 18.2 Å². The van der Waals surface area contributed by atoms with Crippen LogP contribution in [0.2, 0.25) is 0 Å². The summed E-state index contributed by atoms with van der Waals surface area (Å²) in [5, 5.41) is 10.7. The van der Waals surface area contributed by atoms with Gasteiger partial charge in [0.25, 0.3) is 12.1 Å². The van der Waals surface area contributed by atoms with E-state index in [-0.39, 0.29) is 6.07 Å². The molecule has 0 aliphatic rings. The molecule has 1 atom stereocenters. The van der Waals surface area contributed by atoms with Crippen molar-refractivity contribution in [2.75, 3.05) is 0 Å². The number of benzene rings is 1. The fourth-order valence-corrected chi connectivity index (χ4v) is 1.43. The first kappa shape index (κ1) is 15.3. The fourth-order valence-electron chi connectivity index (χ4n) is 1.43. The maximum Gasteiger partial charge on any atom is 0.416 e. The van der Waals surface area contributed by atoms with Gasteiger partial charge >= 0.3 is 6.18 Å². The number of hydrogen-bond acceptors (Lipinski definition) is 3. The van der Waals surface area contributed by atoms with Crippen molar-refractivity contribution in [2.45, 2.75) is 25.1 Å². The van der Waals surface area contributed by atoms with Gasteiger partial charge in [-0.15, -0.1) is 0 Å². The van der Waals surface area contributed by atoms with E-state index in [2.05, 4.69) is 0 Å². The number of hydrogen-bond donors (Lipinski definition) is 1. The van der Waals surface area contributed by atoms with Gasteiger partial charge in [0, 0.05) is 6.07 Å². The molecule has 1 aromatic rings. The SMILES string of the molecule is CC(N)(c1ccc(C(F)(F)F)cc1[N+](=O)[O-])C(F)F. The molecule has 2 N–H and O–H groups in total. The summed E-state index contributed by atoms with van der Waals surface area (Å²) < 4.78 is 62.7. The van der Waals surface area contributed by atoms with Gasteiger partial charge in [-0.25, -0.2) is 8.78 Å². The average Bonchev–Trinajstić information content (AvgIpc) is 2.26. The first-order valence-corrected chi connectivity index (χ1v) is 4.91. The predicted molar refractivity (Wildman–Crippen MR) is 55.6 cm³/mol. The lowest BCUT2D eigenvalue weighted by molar-refractivity contribution is -0.386. The predicted octanol–water partition coefficient (Wildman–Crippen LogP) is 3.05. The molecule has 0 aromatic heterocycles. The smallest absolute Gasteiger partial charge is 0.317 e. The molecule has 1 rings (SSSR count). The number of halogens is 5. The van der Waals surface area contributed by atoms with Crippen LogP contribution >= 0.6 is 0 Å². The summed E-state index contributed by atoms with van der Waals surface area (Å²) in [6.07, 6.45) is -7.97. The van der Waals surface area contributed by atoms with Gasteiger partial charge in [-0.05, 0) is 19.1 Å². The summed E-state index contributed by atoms with van der Waals surface area (Å²) in [7, 11) is 0. The van der Waals surface area contributed by atoms with Crippen molar-refractivity contribution in [3.63, 3.8) is 0 Å². The van der Waals surface area contributed by atoms with Crippen LogP contribution in [-0.2, 0) is 11.7 Å². The van der Waals surface area contributed by atoms with Crippen molar-refractivity contribution in [2.24, 2.45) is 5.73 Å². The Bertz CT molecular complexity index is 499. The van der Waals surface area contributed by atoms with Gasteiger partial charge in [0.15, 0.2) is 0 Å². The van der Waals surface area contributed by atoms with Crippen LogP contribution in [0.4, 0.5) is 27.6 Å². The maximum atomic E-state index is 12.7. The van der Waals surface area contributed by atoms with Crippen LogP contribution in [0.1, 0.15) is 18.1 Å². The van der Waals surface area contributed by atoms with Crippen LogP contribution in [0.3, 0.4) is 0 Å². The molecule has 0 spiro atoms. The Labute approximate surface area is 104 Å². The Kier molecular flexibility index (Phi) is 3.80. The molecule has 4 nitrogen and oxygen atoms in total. The lowest BCUT2D eigenvalue weighted by Gasteiger charge is -2.24. The lowest BCUT2D eigenvalue weighted by atomic mass is 9.91. The highest BCUT2D eigenvalue weighted by molar-refractivity contribution is 5.48. The second-order valence-electron chi connectivity index (χ2n) is 4.07. The molecule has 0 aliphatic carbocycles. The normalized spacial score (nSPS) is 15.4. The second kappa shape index (κ2) is 4.72. The van der Waals surface area contributed by atoms with Crippen LogP contribution in [0.25, 0.3) is 0 Å². The van der Waals surface area contributed by atoms with Crippen LogP contribution in [0.5, 0.6) is 0 Å². The zero-order valence-electron chi connectivity index (χ0n) is 9.54. The monoisotopic (exact) mass is 284 g/mol. The fraction of sp³-hybridized carbons (Fsp3) is 0.400. The molecule has 0 heterocycles. The zero-order chi connectivity index (χ0) is 15.0. The molecule has 0 amide bonds. The van der Waals surface area contributed by atoms with Crippen molar-refractivity contribution in [3.05, 3.63) is 39.4 Å². The third kappa shape index (κ3) is 2.98. The summed E-state index contributed by atoms with van der Waals surface area (Å²) >= 11 is 0. The number of rotatable bonds is 3. The van der Waals surface area contributed by atoms with Crippen molar-refractivity contribution in [1.82, 2.24) is 0 Å². The number of nitrogens with two attached hydrogens (primary N) is 1. The topological polar surface area (TPSA) is 69.2 Å². The van der Waals surface area contributed by atoms with Crippen LogP contribution in [-0.4, -0.2) is 11.3 Å². The van der Waals surface area contributed by atoms with Gasteiger partial charge in [0.05, 0.1) is 16.1 Å². The molecule has 0 saturated heterocycles. The van der Waals surface area contributed by atoms with Crippen molar-refractivity contribution in [3.8, 4) is 0 Å². The second-order valence-corrected chi connectivity index (χ2v) is 4.07. The largest absolute Gasteiger partial charge is 0.416 e. The number of nitro groups is 1. The first-order valence-electron chi connectivity index (χ1n) is 4.91. The zero-order valence-corrected chi connectivity index (χ0v) is 9.54. The van der Waals surface area contributed by atoms with Gasteiger partial charge in [-0.2, -0.15) is 13.2 Å². The Morgan fingerprint density at radius 2 is 1.84 bits per heavy atom. The average molecular weight is 284 g/mol. The van der Waals surface area contributed by atoms with Crippen molar-refractivity contribution >= 4 is 5.69 Å². The molecule has 0 aliphatic heterocycles. The number of nitro benzene ring substituents is 1. The van der Waals surface area contributed by atoms with Crippen molar-refractivity contribution in [1.29, 1.82) is 0 Å². The highest BCUT2D eigenvalue weighted by Crippen LogP contribution is 2.37. The van der Waals surface area contributed by atoms with E-state index in [1.54, 1.807) is 0 Å². The van der Waals surface area contributed by atoms with Gasteiger partial charge in [0.2, 0.25) is 0 Å². The Morgan fingerprint density at radius 3 is 2.21 bits per heavy atom. The molecular formula is C10H9F5N2O2. The van der Waals surface area contributed by atoms with Gasteiger partial charge < -0.3 is 5.73 Å². The van der Waals surface area contributed by atoms with Crippen LogP contribution in [0, 0.1) is 10.1 Å². The Balaban J connectivity index is 3.48. The molecule has 19 heavy (non-hydrogen) atoms. The highest BCUT2D eigenvalue weighted by Gasteiger charge is 2.40. The number of nitrogens with zero attached hydrogens (tertiary/aromatic N) is 1. The van der Waals surface area contributed by atoms with Crippen molar-refractivity contribution < 1.29 is 26.9 Å². The molecule has 1 aromatic carbocycles. The molecule has 106 valence electrons. The Hall–Kier alpha value is -1.77. The lowest BCUT2D eigenvalue weighted by Crippen LogP contribution is -2.41. The summed E-state index contributed by atoms with van der Waals surface area (Å²) in [4.78, 5) is 9.54. The van der Waals surface area contributed by atoms with E-state index in [0.717, 1.165) is 6.92 Å². The maximum absolute atomic E-state index is 12.7. The molecule has 0 fully saturated rings. The van der Waals surface area contributed by atoms with E-state index in [1.165, 1.54) is 0 Å². The molecule has 0 saturated carbocycles. The third-order valence-corrected chi connectivity index (χ3v) is 2.56. The van der Waals surface area contributed by atoms with E-state index in [4.69, 9.17) is 5.73 Å². The quantitative estimate of drug-likeness (QED) is 0.527. The summed E-state index contributed by atoms with van der Waals surface area (Å²) in [5.41, 5.74) is -0.201. The highest BCUT2D eigenvalue weighted by atomic mass is 19.4. The summed E-state index contributed by atoms with van der Waals surface area (Å²) in [6, 6.07) is 1.28. The van der Waals surface area contributed by atoms with Gasteiger partial charge in [-0.1, -0.05) is 0 Å². The molecular weight excluding hydrogens is 275 g/mol. The standard InChI is InChI=1S/C10H9F5N2O2/c1-9(16,8(11)12)6-3-2-5(10(13,14)15)4-7(6)17(18)19/h2-4,8H,16H2,1H3. The molecule has 0 radical (unpaired) electrons. The summed E-state index contributed by atoms with van der Waals surface area (Å²) in [6.45, 7) is 0.813.